The van der Waals surface area contributed by atoms with Crippen LogP contribution in [-0.2, 0) is 9.59 Å². The second kappa shape index (κ2) is 6.28. The third kappa shape index (κ3) is 4.22. The first-order chi connectivity index (χ1) is 8.24. The van der Waals surface area contributed by atoms with Crippen LogP contribution in [0.5, 0.6) is 0 Å². The summed E-state index contributed by atoms with van der Waals surface area (Å²) in [5, 5.41) is 5.81. The molecule has 0 spiro atoms. The molecule has 0 aliphatic carbocycles. The number of hydrogen-bond donors (Lipinski definition) is 2. The van der Waals surface area contributed by atoms with Crippen LogP contribution in [0, 0.1) is 5.92 Å². The first-order valence-electron chi connectivity index (χ1n) is 6.38. The maximum Gasteiger partial charge on any atom is 0.220 e. The minimum Gasteiger partial charge on any atom is -0.354 e. The number of rotatable bonds is 3. The van der Waals surface area contributed by atoms with E-state index in [9.17, 15) is 9.59 Å². The first kappa shape index (κ1) is 12.7. The molecule has 5 heteroatoms. The first-order valence-corrected chi connectivity index (χ1v) is 7.53. The lowest BCUT2D eigenvalue weighted by atomic mass is 9.98. The van der Waals surface area contributed by atoms with Crippen LogP contribution < -0.4 is 10.6 Å². The van der Waals surface area contributed by atoms with Crippen molar-refractivity contribution in [3.8, 4) is 0 Å². The highest BCUT2D eigenvalue weighted by molar-refractivity contribution is 7.99. The maximum atomic E-state index is 11.8. The number of amides is 2. The van der Waals surface area contributed by atoms with Crippen LogP contribution in [0.4, 0.5) is 0 Å². The molecule has 0 aromatic carbocycles. The van der Waals surface area contributed by atoms with Gasteiger partial charge in [0.1, 0.15) is 0 Å². The topological polar surface area (TPSA) is 58.2 Å². The van der Waals surface area contributed by atoms with Crippen LogP contribution in [0.15, 0.2) is 0 Å². The zero-order chi connectivity index (χ0) is 12.1. The normalized spacial score (nSPS) is 26.4. The summed E-state index contributed by atoms with van der Waals surface area (Å²) in [6.45, 7) is 0.588. The van der Waals surface area contributed by atoms with Crippen molar-refractivity contribution in [1.82, 2.24) is 10.6 Å². The zero-order valence-corrected chi connectivity index (χ0v) is 10.9. The number of nitrogens with one attached hydrogen (secondary N) is 2. The highest BCUT2D eigenvalue weighted by atomic mass is 32.2. The minimum absolute atomic E-state index is 0.0970. The molecule has 2 saturated heterocycles. The fourth-order valence-electron chi connectivity index (χ4n) is 2.36. The third-order valence-electron chi connectivity index (χ3n) is 3.45. The number of piperidine rings is 1. The second-order valence-electron chi connectivity index (χ2n) is 4.87. The van der Waals surface area contributed by atoms with Crippen LogP contribution in [0.25, 0.3) is 0 Å². The molecular formula is C12H20N2O2S. The molecule has 4 nitrogen and oxygen atoms in total. The Hall–Kier alpha value is -0.710. The van der Waals surface area contributed by atoms with Crippen molar-refractivity contribution in [2.75, 3.05) is 18.1 Å². The molecule has 2 N–H and O–H groups in total. The van der Waals surface area contributed by atoms with Crippen molar-refractivity contribution in [1.29, 1.82) is 0 Å². The van der Waals surface area contributed by atoms with E-state index < -0.39 is 0 Å². The highest BCUT2D eigenvalue weighted by Gasteiger charge is 2.22. The molecule has 2 rings (SSSR count). The molecule has 1 atom stereocenters. The largest absolute Gasteiger partial charge is 0.354 e. The predicted octanol–water partition coefficient (Wildman–Crippen LogP) is 0.914. The number of carbonyl (C=O) groups is 2. The van der Waals surface area contributed by atoms with Crippen molar-refractivity contribution in [3.63, 3.8) is 0 Å². The molecule has 96 valence electrons. The lowest BCUT2D eigenvalue weighted by molar-refractivity contribution is -0.126. The lowest BCUT2D eigenvalue weighted by Gasteiger charge is -2.25. The average Bonchev–Trinajstić information content (AvgIpc) is 2.33. The summed E-state index contributed by atoms with van der Waals surface area (Å²) in [6, 6.07) is 0.137. The van der Waals surface area contributed by atoms with Crippen molar-refractivity contribution >= 4 is 23.6 Å². The van der Waals surface area contributed by atoms with Crippen molar-refractivity contribution in [2.45, 2.75) is 38.1 Å². The molecule has 0 aromatic heterocycles. The van der Waals surface area contributed by atoms with E-state index in [1.807, 2.05) is 11.8 Å². The highest BCUT2D eigenvalue weighted by Crippen LogP contribution is 2.25. The SMILES string of the molecule is O=C1CCC(NC(=O)CC2CCSCC2)CN1. The Morgan fingerprint density at radius 2 is 2.12 bits per heavy atom. The molecule has 1 unspecified atom stereocenters. The summed E-state index contributed by atoms with van der Waals surface area (Å²) in [5.41, 5.74) is 0. The van der Waals surface area contributed by atoms with Crippen LogP contribution in [0.3, 0.4) is 0 Å². The molecule has 2 fully saturated rings. The van der Waals surface area contributed by atoms with Gasteiger partial charge in [0.05, 0.1) is 0 Å². The zero-order valence-electron chi connectivity index (χ0n) is 10.0. The quantitative estimate of drug-likeness (QED) is 0.789. The van der Waals surface area contributed by atoms with Gasteiger partial charge < -0.3 is 10.6 Å². The Morgan fingerprint density at radius 1 is 1.35 bits per heavy atom. The molecule has 2 amide bonds. The third-order valence-corrected chi connectivity index (χ3v) is 4.49. The number of hydrogen-bond acceptors (Lipinski definition) is 3. The van der Waals surface area contributed by atoms with Gasteiger partial charge in [-0.1, -0.05) is 0 Å². The Bertz CT molecular complexity index is 280. The van der Waals surface area contributed by atoms with Gasteiger partial charge in [-0.15, -0.1) is 0 Å². The summed E-state index contributed by atoms with van der Waals surface area (Å²) in [6.07, 6.45) is 4.30. The van der Waals surface area contributed by atoms with E-state index in [4.69, 9.17) is 0 Å². The van der Waals surface area contributed by atoms with Crippen LogP contribution in [0.2, 0.25) is 0 Å². The molecule has 2 aliphatic rings. The van der Waals surface area contributed by atoms with Crippen LogP contribution >= 0.6 is 11.8 Å². The lowest BCUT2D eigenvalue weighted by Crippen LogP contribution is -2.48. The van der Waals surface area contributed by atoms with E-state index in [2.05, 4.69) is 10.6 Å². The molecule has 2 heterocycles. The molecule has 0 saturated carbocycles. The summed E-state index contributed by atoms with van der Waals surface area (Å²) in [7, 11) is 0. The van der Waals surface area contributed by atoms with Gasteiger partial charge in [-0.3, -0.25) is 9.59 Å². The monoisotopic (exact) mass is 256 g/mol. The fraction of sp³-hybridized carbons (Fsp3) is 0.833. The maximum absolute atomic E-state index is 11.8. The molecule has 0 radical (unpaired) electrons. The average molecular weight is 256 g/mol. The summed E-state index contributed by atoms with van der Waals surface area (Å²) >= 11 is 1.98. The van der Waals surface area contributed by atoms with Gasteiger partial charge in [0.15, 0.2) is 0 Å². The predicted molar refractivity (Wildman–Crippen MR) is 68.8 cm³/mol. The summed E-state index contributed by atoms with van der Waals surface area (Å²) in [4.78, 5) is 22.8. The number of carbonyl (C=O) groups excluding carboxylic acids is 2. The second-order valence-corrected chi connectivity index (χ2v) is 6.09. The molecule has 17 heavy (non-hydrogen) atoms. The smallest absolute Gasteiger partial charge is 0.220 e. The van der Waals surface area contributed by atoms with Gasteiger partial charge in [-0.05, 0) is 36.7 Å². The van der Waals surface area contributed by atoms with E-state index in [0.29, 0.717) is 25.3 Å². The standard InChI is InChI=1S/C12H20N2O2S/c15-11-2-1-10(8-13-11)14-12(16)7-9-3-5-17-6-4-9/h9-10H,1-8H2,(H,13,15)(H,14,16). The Kier molecular flexibility index (Phi) is 4.71. The van der Waals surface area contributed by atoms with Gasteiger partial charge in [0.25, 0.3) is 0 Å². The van der Waals surface area contributed by atoms with E-state index in [1.54, 1.807) is 0 Å². The van der Waals surface area contributed by atoms with Gasteiger partial charge in [-0.2, -0.15) is 11.8 Å². The molecule has 0 bridgehead atoms. The van der Waals surface area contributed by atoms with E-state index >= 15 is 0 Å². The van der Waals surface area contributed by atoms with Crippen molar-refractivity contribution in [2.24, 2.45) is 5.92 Å². The van der Waals surface area contributed by atoms with E-state index in [-0.39, 0.29) is 17.9 Å². The van der Waals surface area contributed by atoms with Crippen molar-refractivity contribution in [3.05, 3.63) is 0 Å². The van der Waals surface area contributed by atoms with E-state index in [0.717, 1.165) is 6.42 Å². The van der Waals surface area contributed by atoms with Crippen molar-refractivity contribution < 1.29 is 9.59 Å². The van der Waals surface area contributed by atoms with Crippen LogP contribution in [-0.4, -0.2) is 35.9 Å². The van der Waals surface area contributed by atoms with Gasteiger partial charge in [0, 0.05) is 25.4 Å². The number of thioether (sulfide) groups is 1. The Morgan fingerprint density at radius 3 is 2.76 bits per heavy atom. The van der Waals surface area contributed by atoms with E-state index in [1.165, 1.54) is 24.3 Å². The van der Waals surface area contributed by atoms with Crippen LogP contribution in [0.1, 0.15) is 32.1 Å². The molecule has 0 aromatic rings. The summed E-state index contributed by atoms with van der Waals surface area (Å²) in [5.74, 6) is 3.20. The van der Waals surface area contributed by atoms with Gasteiger partial charge >= 0.3 is 0 Å². The van der Waals surface area contributed by atoms with Gasteiger partial charge in [0.2, 0.25) is 11.8 Å². The minimum atomic E-state index is 0.0970. The molecular weight excluding hydrogens is 236 g/mol. The fourth-order valence-corrected chi connectivity index (χ4v) is 3.56. The Labute approximate surface area is 106 Å². The van der Waals surface area contributed by atoms with Gasteiger partial charge in [-0.25, -0.2) is 0 Å². The molecule has 2 aliphatic heterocycles. The Balaban J connectivity index is 1.67. The summed E-state index contributed by atoms with van der Waals surface area (Å²) < 4.78 is 0.